The van der Waals surface area contributed by atoms with E-state index < -0.39 is 0 Å². The van der Waals surface area contributed by atoms with Gasteiger partial charge in [0.2, 0.25) is 0 Å². The molecule has 0 spiro atoms. The number of unbranched alkanes of at least 4 members (excludes halogenated alkanes) is 4. The molecule has 0 atom stereocenters. The predicted octanol–water partition coefficient (Wildman–Crippen LogP) is 5.28. The second kappa shape index (κ2) is 8.32. The van der Waals surface area contributed by atoms with Crippen molar-refractivity contribution in [2.75, 3.05) is 0 Å². The van der Waals surface area contributed by atoms with Crippen LogP contribution < -0.4 is 0 Å². The van der Waals surface area contributed by atoms with Crippen LogP contribution >= 0.6 is 0 Å². The molecule has 1 saturated carbocycles. The highest BCUT2D eigenvalue weighted by Crippen LogP contribution is 2.28. The van der Waals surface area contributed by atoms with Gasteiger partial charge in [0.25, 0.3) is 0 Å². The van der Waals surface area contributed by atoms with E-state index in [4.69, 9.17) is 0 Å². The average molecular weight is 195 g/mol. The van der Waals surface area contributed by atoms with Crippen LogP contribution in [0.2, 0.25) is 0 Å². The summed E-state index contributed by atoms with van der Waals surface area (Å²) < 4.78 is 0. The van der Waals surface area contributed by atoms with Crippen molar-refractivity contribution >= 4 is 0 Å². The fourth-order valence-corrected chi connectivity index (χ4v) is 2.46. The summed E-state index contributed by atoms with van der Waals surface area (Å²) in [5.41, 5.74) is 0. The lowest BCUT2D eigenvalue weighted by Gasteiger charge is -2.12. The van der Waals surface area contributed by atoms with Crippen LogP contribution in [-0.2, 0) is 0 Å². The molecule has 0 aromatic rings. The Bertz CT molecular complexity index is 109. The normalized spacial score (nSPS) is 19.5. The van der Waals surface area contributed by atoms with Crippen LogP contribution in [0.3, 0.4) is 0 Å². The Hall–Kier alpha value is 0. The molecule has 1 aliphatic rings. The first-order valence-corrected chi connectivity index (χ1v) is 6.77. The Kier molecular flexibility index (Phi) is 7.17. The van der Waals surface area contributed by atoms with Gasteiger partial charge >= 0.3 is 0 Å². The van der Waals surface area contributed by atoms with Crippen molar-refractivity contribution in [3.63, 3.8) is 0 Å². The summed E-state index contributed by atoms with van der Waals surface area (Å²) in [5.74, 6) is 1.89. The summed E-state index contributed by atoms with van der Waals surface area (Å²) >= 11 is 0. The van der Waals surface area contributed by atoms with Crippen molar-refractivity contribution in [1.82, 2.24) is 0 Å². The summed E-state index contributed by atoms with van der Waals surface area (Å²) in [6.45, 7) is 2.29. The van der Waals surface area contributed by atoms with Gasteiger partial charge in [-0.05, 0) is 25.2 Å². The standard InChI is InChI=1S/C14H27/c1-2-3-4-5-8-11-14-12-9-6-7-10-13-14/h2-13H2,1H3. The fraction of sp³-hybridized carbons (Fsp3) is 0.929. The van der Waals surface area contributed by atoms with E-state index in [1.807, 2.05) is 5.92 Å². The van der Waals surface area contributed by atoms with Crippen molar-refractivity contribution in [3.8, 4) is 0 Å². The second-order valence-electron chi connectivity index (χ2n) is 4.83. The largest absolute Gasteiger partial charge is 0.0654 e. The molecule has 14 heavy (non-hydrogen) atoms. The molecule has 0 unspecified atom stereocenters. The quantitative estimate of drug-likeness (QED) is 0.400. The van der Waals surface area contributed by atoms with Gasteiger partial charge in [-0.25, -0.2) is 0 Å². The Morgan fingerprint density at radius 3 is 2.07 bits per heavy atom. The minimum absolute atomic E-state index is 1.37. The van der Waals surface area contributed by atoms with Crippen LogP contribution in [-0.4, -0.2) is 0 Å². The van der Waals surface area contributed by atoms with Gasteiger partial charge in [-0.2, -0.15) is 0 Å². The summed E-state index contributed by atoms with van der Waals surface area (Å²) in [6, 6.07) is 0. The van der Waals surface area contributed by atoms with E-state index in [2.05, 4.69) is 6.92 Å². The molecule has 0 heterocycles. The number of hydrogen-bond donors (Lipinski definition) is 0. The van der Waals surface area contributed by atoms with Crippen LogP contribution in [0.25, 0.3) is 0 Å². The van der Waals surface area contributed by atoms with Crippen LogP contribution in [0.4, 0.5) is 0 Å². The highest BCUT2D eigenvalue weighted by atomic mass is 14.2. The zero-order chi connectivity index (χ0) is 10.1. The SMILES string of the molecule is CCCCCCC[C]1CCCCCC1. The molecule has 0 nitrogen and oxygen atoms in total. The van der Waals surface area contributed by atoms with E-state index >= 15 is 0 Å². The molecule has 1 fully saturated rings. The average Bonchev–Trinajstić information content (AvgIpc) is 2.46. The Morgan fingerprint density at radius 1 is 0.786 bits per heavy atom. The van der Waals surface area contributed by atoms with Crippen molar-refractivity contribution < 1.29 is 0 Å². The number of rotatable bonds is 6. The van der Waals surface area contributed by atoms with Crippen LogP contribution in [0.1, 0.15) is 84.0 Å². The van der Waals surface area contributed by atoms with E-state index in [0.717, 1.165) is 0 Å². The predicted molar refractivity (Wildman–Crippen MR) is 64.3 cm³/mol. The molecule has 0 aromatic carbocycles. The molecule has 0 bridgehead atoms. The van der Waals surface area contributed by atoms with Gasteiger partial charge in [-0.3, -0.25) is 0 Å². The first-order chi connectivity index (χ1) is 6.93. The molecular formula is C14H27. The molecule has 0 saturated heterocycles. The number of hydrogen-bond acceptors (Lipinski definition) is 0. The van der Waals surface area contributed by atoms with E-state index in [0.29, 0.717) is 0 Å². The van der Waals surface area contributed by atoms with Gasteiger partial charge in [0.1, 0.15) is 0 Å². The Morgan fingerprint density at radius 2 is 1.43 bits per heavy atom. The smallest absolute Gasteiger partial charge is 0.0241 e. The van der Waals surface area contributed by atoms with Crippen LogP contribution in [0.15, 0.2) is 0 Å². The Balaban J connectivity index is 1.93. The summed E-state index contributed by atoms with van der Waals surface area (Å²) in [6.07, 6.45) is 17.5. The minimum atomic E-state index is 1.37. The third-order valence-corrected chi connectivity index (χ3v) is 3.44. The molecule has 0 amide bonds. The molecule has 1 aliphatic carbocycles. The van der Waals surface area contributed by atoms with Gasteiger partial charge in [0, 0.05) is 0 Å². The third-order valence-electron chi connectivity index (χ3n) is 3.44. The highest BCUT2D eigenvalue weighted by Gasteiger charge is 2.11. The van der Waals surface area contributed by atoms with E-state index in [1.54, 1.807) is 0 Å². The fourth-order valence-electron chi connectivity index (χ4n) is 2.46. The van der Waals surface area contributed by atoms with E-state index in [9.17, 15) is 0 Å². The van der Waals surface area contributed by atoms with Crippen molar-refractivity contribution in [2.45, 2.75) is 84.0 Å². The second-order valence-corrected chi connectivity index (χ2v) is 4.83. The van der Waals surface area contributed by atoms with Crippen molar-refractivity contribution in [2.24, 2.45) is 0 Å². The molecule has 0 heteroatoms. The first kappa shape index (κ1) is 12.1. The van der Waals surface area contributed by atoms with Gasteiger partial charge in [-0.15, -0.1) is 0 Å². The lowest BCUT2D eigenvalue weighted by Crippen LogP contribution is -1.95. The monoisotopic (exact) mass is 195 g/mol. The zero-order valence-electron chi connectivity index (χ0n) is 9.99. The lowest BCUT2D eigenvalue weighted by molar-refractivity contribution is 0.575. The molecule has 1 radical (unpaired) electrons. The van der Waals surface area contributed by atoms with E-state index in [1.165, 1.54) is 77.0 Å². The third kappa shape index (κ3) is 5.67. The molecule has 1 rings (SSSR count). The van der Waals surface area contributed by atoms with Crippen LogP contribution in [0.5, 0.6) is 0 Å². The molecular weight excluding hydrogens is 168 g/mol. The molecule has 0 aromatic heterocycles. The maximum atomic E-state index is 2.29. The molecule has 0 N–H and O–H groups in total. The van der Waals surface area contributed by atoms with Crippen molar-refractivity contribution in [1.29, 1.82) is 0 Å². The lowest BCUT2D eigenvalue weighted by atomic mass is 9.93. The summed E-state index contributed by atoms with van der Waals surface area (Å²) in [5, 5.41) is 0. The molecule has 0 aliphatic heterocycles. The van der Waals surface area contributed by atoms with Crippen molar-refractivity contribution in [3.05, 3.63) is 5.92 Å². The topological polar surface area (TPSA) is 0 Å². The van der Waals surface area contributed by atoms with Crippen LogP contribution in [0, 0.1) is 5.92 Å². The maximum absolute atomic E-state index is 2.29. The summed E-state index contributed by atoms with van der Waals surface area (Å²) in [4.78, 5) is 0. The zero-order valence-corrected chi connectivity index (χ0v) is 9.99. The highest BCUT2D eigenvalue weighted by molar-refractivity contribution is 4.90. The van der Waals surface area contributed by atoms with E-state index in [-0.39, 0.29) is 0 Å². The first-order valence-electron chi connectivity index (χ1n) is 6.77. The molecule has 83 valence electrons. The summed E-state index contributed by atoms with van der Waals surface area (Å²) in [7, 11) is 0. The van der Waals surface area contributed by atoms with Gasteiger partial charge in [0.15, 0.2) is 0 Å². The Labute approximate surface area is 90.5 Å². The maximum Gasteiger partial charge on any atom is -0.0241 e. The minimum Gasteiger partial charge on any atom is -0.0654 e. The van der Waals surface area contributed by atoms with Gasteiger partial charge < -0.3 is 0 Å². The van der Waals surface area contributed by atoms with Gasteiger partial charge in [-0.1, -0.05) is 64.7 Å². The van der Waals surface area contributed by atoms with Gasteiger partial charge in [0.05, 0.1) is 0 Å².